The van der Waals surface area contributed by atoms with Gasteiger partial charge in [-0.25, -0.2) is 15.0 Å². The van der Waals surface area contributed by atoms with E-state index in [1.165, 1.54) is 12.1 Å². The van der Waals surface area contributed by atoms with Crippen molar-refractivity contribution in [2.45, 2.75) is 32.2 Å². The molecule has 8 heteroatoms. The number of hydrogen-bond donors (Lipinski definition) is 1. The van der Waals surface area contributed by atoms with Gasteiger partial charge in [0.15, 0.2) is 0 Å². The first-order valence-corrected chi connectivity index (χ1v) is 9.62. The molecule has 4 rings (SSSR count). The second-order valence-corrected chi connectivity index (χ2v) is 7.54. The third kappa shape index (κ3) is 4.20. The number of rotatable bonds is 5. The Hall–Kier alpha value is -2.45. The molecule has 0 spiro atoms. The Morgan fingerprint density at radius 3 is 2.81 bits per heavy atom. The first kappa shape index (κ1) is 17.0. The fourth-order valence-corrected chi connectivity index (χ4v) is 3.86. The average Bonchev–Trinajstić information content (AvgIpc) is 3.08. The van der Waals surface area contributed by atoms with Crippen molar-refractivity contribution in [2.24, 2.45) is 0 Å². The minimum atomic E-state index is 0.418. The number of hydrogen-bond acceptors (Lipinski definition) is 8. The number of aromatic nitrogens is 5. The Labute approximate surface area is 156 Å². The first-order valence-electron chi connectivity index (χ1n) is 8.74. The second kappa shape index (κ2) is 7.84. The zero-order valence-electron chi connectivity index (χ0n) is 14.7. The van der Waals surface area contributed by atoms with Crippen LogP contribution in [0.1, 0.15) is 35.2 Å². The molecular formula is C18H21N7S. The van der Waals surface area contributed by atoms with E-state index in [2.05, 4.69) is 47.4 Å². The van der Waals surface area contributed by atoms with Crippen LogP contribution in [0.5, 0.6) is 0 Å². The maximum atomic E-state index is 4.63. The summed E-state index contributed by atoms with van der Waals surface area (Å²) in [6.45, 7) is 5.09. The van der Waals surface area contributed by atoms with E-state index in [0.717, 1.165) is 36.8 Å². The van der Waals surface area contributed by atoms with Gasteiger partial charge in [0.05, 0.1) is 35.0 Å². The summed E-state index contributed by atoms with van der Waals surface area (Å²) in [6, 6.07) is 0. The van der Waals surface area contributed by atoms with Gasteiger partial charge in [-0.15, -0.1) is 11.3 Å². The molecule has 1 fully saturated rings. The number of likely N-dealkylation sites (tertiary alicyclic amines) is 1. The van der Waals surface area contributed by atoms with E-state index in [1.54, 1.807) is 36.1 Å². The Morgan fingerprint density at radius 2 is 2.08 bits per heavy atom. The van der Waals surface area contributed by atoms with Crippen LogP contribution in [0.4, 0.5) is 11.6 Å². The molecule has 0 aliphatic carbocycles. The largest absolute Gasteiger partial charge is 0.322 e. The topological polar surface area (TPSA) is 79.7 Å². The zero-order chi connectivity index (χ0) is 17.8. The summed E-state index contributed by atoms with van der Waals surface area (Å²) in [5.74, 6) is 1.76. The summed E-state index contributed by atoms with van der Waals surface area (Å²) in [5.41, 5.74) is 2.22. The molecule has 1 aliphatic heterocycles. The van der Waals surface area contributed by atoms with E-state index in [4.69, 9.17) is 0 Å². The molecule has 1 N–H and O–H groups in total. The molecule has 1 saturated heterocycles. The highest BCUT2D eigenvalue weighted by molar-refractivity contribution is 7.09. The van der Waals surface area contributed by atoms with Gasteiger partial charge in [-0.3, -0.25) is 14.9 Å². The molecule has 0 saturated carbocycles. The fraction of sp³-hybridized carbons (Fsp3) is 0.389. The van der Waals surface area contributed by atoms with E-state index in [9.17, 15) is 0 Å². The molecule has 0 aromatic carbocycles. The molecule has 4 heterocycles. The molecule has 0 unspecified atom stereocenters. The monoisotopic (exact) mass is 367 g/mol. The number of nitrogens with one attached hydrogen (secondary N) is 1. The lowest BCUT2D eigenvalue weighted by Crippen LogP contribution is -2.34. The molecule has 7 nitrogen and oxygen atoms in total. The van der Waals surface area contributed by atoms with Crippen LogP contribution in [0.25, 0.3) is 0 Å². The van der Waals surface area contributed by atoms with E-state index in [0.29, 0.717) is 17.6 Å². The second-order valence-electron chi connectivity index (χ2n) is 6.47. The normalized spacial score (nSPS) is 18.0. The van der Waals surface area contributed by atoms with Crippen LogP contribution in [-0.4, -0.2) is 42.9 Å². The Kier molecular flexibility index (Phi) is 5.12. The van der Waals surface area contributed by atoms with Gasteiger partial charge in [0.1, 0.15) is 11.6 Å². The number of aryl methyl sites for hydroxylation is 1. The van der Waals surface area contributed by atoms with Crippen molar-refractivity contribution in [3.63, 3.8) is 0 Å². The lowest BCUT2D eigenvalue weighted by Gasteiger charge is -2.31. The van der Waals surface area contributed by atoms with Crippen LogP contribution in [-0.2, 0) is 6.54 Å². The molecule has 1 aliphatic rings. The summed E-state index contributed by atoms with van der Waals surface area (Å²) < 4.78 is 0. The Morgan fingerprint density at radius 1 is 1.15 bits per heavy atom. The lowest BCUT2D eigenvalue weighted by molar-refractivity contribution is 0.196. The molecule has 134 valence electrons. The minimum Gasteiger partial charge on any atom is -0.322 e. The standard InChI is InChI=1S/C18H21N7S/c1-13-23-15(12-26-13)11-25-6-2-3-14(10-25)16-7-22-18(9-21-16)24-17-8-19-4-5-20-17/h4-5,7-9,12,14H,2-3,6,10-11H2,1H3,(H,20,22,24)/t14-/m1/s1. The number of thiazole rings is 1. The summed E-state index contributed by atoms with van der Waals surface area (Å²) >= 11 is 1.72. The SMILES string of the molecule is Cc1nc(CN2CCC[C@@H](c3cnc(Nc4cnccn4)cn3)C2)cs1. The van der Waals surface area contributed by atoms with Crippen molar-refractivity contribution in [1.29, 1.82) is 0 Å². The van der Waals surface area contributed by atoms with Crippen molar-refractivity contribution in [3.05, 3.63) is 52.8 Å². The predicted octanol–water partition coefficient (Wildman–Crippen LogP) is 3.15. The lowest BCUT2D eigenvalue weighted by atomic mass is 9.95. The highest BCUT2D eigenvalue weighted by atomic mass is 32.1. The van der Waals surface area contributed by atoms with Gasteiger partial charge in [0.2, 0.25) is 0 Å². The van der Waals surface area contributed by atoms with Gasteiger partial charge >= 0.3 is 0 Å². The first-order chi connectivity index (χ1) is 12.8. The van der Waals surface area contributed by atoms with Crippen LogP contribution < -0.4 is 5.32 Å². The molecule has 0 bridgehead atoms. The average molecular weight is 367 g/mol. The molecule has 1 atom stereocenters. The molecule has 0 radical (unpaired) electrons. The van der Waals surface area contributed by atoms with Crippen molar-refractivity contribution < 1.29 is 0 Å². The van der Waals surface area contributed by atoms with Crippen LogP contribution in [0.3, 0.4) is 0 Å². The quantitative estimate of drug-likeness (QED) is 0.742. The molecule has 3 aromatic rings. The smallest absolute Gasteiger partial charge is 0.150 e. The molecule has 26 heavy (non-hydrogen) atoms. The summed E-state index contributed by atoms with van der Waals surface area (Å²) in [6.07, 6.45) is 10.9. The molecule has 3 aromatic heterocycles. The van der Waals surface area contributed by atoms with Crippen LogP contribution >= 0.6 is 11.3 Å². The number of anilines is 2. The van der Waals surface area contributed by atoms with Gasteiger partial charge in [0, 0.05) is 36.8 Å². The van der Waals surface area contributed by atoms with Crippen LogP contribution in [0.2, 0.25) is 0 Å². The van der Waals surface area contributed by atoms with Gasteiger partial charge in [0.25, 0.3) is 0 Å². The van der Waals surface area contributed by atoms with Crippen LogP contribution in [0, 0.1) is 6.92 Å². The minimum absolute atomic E-state index is 0.418. The van der Waals surface area contributed by atoms with Crippen molar-refractivity contribution in [2.75, 3.05) is 18.4 Å². The highest BCUT2D eigenvalue weighted by Gasteiger charge is 2.23. The van der Waals surface area contributed by atoms with Crippen LogP contribution in [0.15, 0.2) is 36.4 Å². The maximum Gasteiger partial charge on any atom is 0.150 e. The third-order valence-corrected chi connectivity index (χ3v) is 5.29. The number of piperidine rings is 1. The predicted molar refractivity (Wildman–Crippen MR) is 101 cm³/mol. The summed E-state index contributed by atoms with van der Waals surface area (Å²) in [5, 5.41) is 6.40. The van der Waals surface area contributed by atoms with Gasteiger partial charge in [-0.05, 0) is 26.3 Å². The van der Waals surface area contributed by atoms with Crippen molar-refractivity contribution >= 4 is 23.0 Å². The van der Waals surface area contributed by atoms with Gasteiger partial charge < -0.3 is 5.32 Å². The maximum absolute atomic E-state index is 4.63. The van der Waals surface area contributed by atoms with E-state index < -0.39 is 0 Å². The third-order valence-electron chi connectivity index (χ3n) is 4.47. The van der Waals surface area contributed by atoms with E-state index in [1.807, 2.05) is 6.20 Å². The van der Waals surface area contributed by atoms with E-state index >= 15 is 0 Å². The van der Waals surface area contributed by atoms with Crippen molar-refractivity contribution in [3.8, 4) is 0 Å². The van der Waals surface area contributed by atoms with Crippen molar-refractivity contribution in [1.82, 2.24) is 29.8 Å². The van der Waals surface area contributed by atoms with Gasteiger partial charge in [-0.1, -0.05) is 0 Å². The van der Waals surface area contributed by atoms with E-state index in [-0.39, 0.29) is 0 Å². The Bertz CT molecular complexity index is 834. The van der Waals surface area contributed by atoms with Gasteiger partial charge in [-0.2, -0.15) is 0 Å². The summed E-state index contributed by atoms with van der Waals surface area (Å²) in [4.78, 5) is 24.4. The molecular weight excluding hydrogens is 346 g/mol. The fourth-order valence-electron chi connectivity index (χ4n) is 3.26. The summed E-state index contributed by atoms with van der Waals surface area (Å²) in [7, 11) is 0. The zero-order valence-corrected chi connectivity index (χ0v) is 15.5. The Balaban J connectivity index is 1.38. The number of nitrogens with zero attached hydrogens (tertiary/aromatic N) is 6. The molecule has 0 amide bonds. The highest BCUT2D eigenvalue weighted by Crippen LogP contribution is 2.26.